The van der Waals surface area contributed by atoms with Gasteiger partial charge in [-0.15, -0.1) is 0 Å². The van der Waals surface area contributed by atoms with Crippen molar-refractivity contribution in [1.82, 2.24) is 4.98 Å². The molecule has 0 aliphatic rings. The Hall–Kier alpha value is -2.17. The van der Waals surface area contributed by atoms with Crippen molar-refractivity contribution < 1.29 is 18.0 Å². The number of halogens is 3. The van der Waals surface area contributed by atoms with E-state index < -0.39 is 11.7 Å². The van der Waals surface area contributed by atoms with Gasteiger partial charge in [0.15, 0.2) is 0 Å². The Bertz CT molecular complexity index is 618. The second kappa shape index (κ2) is 5.45. The van der Waals surface area contributed by atoms with Gasteiger partial charge in [-0.1, -0.05) is 6.92 Å². The molecule has 0 saturated heterocycles. The van der Waals surface area contributed by atoms with E-state index in [-0.39, 0.29) is 0 Å². The molecule has 1 heterocycles. The van der Waals surface area contributed by atoms with E-state index in [1.165, 1.54) is 6.07 Å². The minimum Gasteiger partial charge on any atom is -0.298 e. The van der Waals surface area contributed by atoms with Gasteiger partial charge in [0.2, 0.25) is 0 Å². The summed E-state index contributed by atoms with van der Waals surface area (Å²) in [4.78, 5) is 14.7. The zero-order valence-electron chi connectivity index (χ0n) is 10.7. The van der Waals surface area contributed by atoms with Crippen LogP contribution in [0.1, 0.15) is 28.4 Å². The molecule has 0 aliphatic carbocycles. The summed E-state index contributed by atoms with van der Waals surface area (Å²) in [6, 6.07) is 7.48. The highest BCUT2D eigenvalue weighted by Gasteiger charge is 2.30. The Morgan fingerprint density at radius 1 is 1.20 bits per heavy atom. The van der Waals surface area contributed by atoms with E-state index in [1.54, 1.807) is 12.1 Å². The summed E-state index contributed by atoms with van der Waals surface area (Å²) in [6.45, 7) is 1.94. The SMILES string of the molecule is CCc1cc(C=O)cc(-c2ccc(C(F)(F)F)cn2)c1. The molecule has 0 aliphatic heterocycles. The number of rotatable bonds is 3. The van der Waals surface area contributed by atoms with Crippen molar-refractivity contribution in [3.8, 4) is 11.3 Å². The van der Waals surface area contributed by atoms with Gasteiger partial charge in [-0.3, -0.25) is 9.78 Å². The van der Waals surface area contributed by atoms with Gasteiger partial charge in [0.05, 0.1) is 11.3 Å². The van der Waals surface area contributed by atoms with Crippen molar-refractivity contribution in [2.24, 2.45) is 0 Å². The van der Waals surface area contributed by atoms with Crippen molar-refractivity contribution >= 4 is 6.29 Å². The van der Waals surface area contributed by atoms with Gasteiger partial charge in [-0.05, 0) is 42.3 Å². The first-order chi connectivity index (χ1) is 9.44. The number of hydrogen-bond donors (Lipinski definition) is 0. The van der Waals surface area contributed by atoms with Crippen LogP contribution in [0.5, 0.6) is 0 Å². The van der Waals surface area contributed by atoms with Gasteiger partial charge in [-0.2, -0.15) is 13.2 Å². The van der Waals surface area contributed by atoms with Gasteiger partial charge in [0.25, 0.3) is 0 Å². The number of pyridine rings is 1. The van der Waals surface area contributed by atoms with Crippen LogP contribution in [0.3, 0.4) is 0 Å². The van der Waals surface area contributed by atoms with Crippen LogP contribution in [-0.4, -0.2) is 11.3 Å². The van der Waals surface area contributed by atoms with Crippen LogP contribution in [0.25, 0.3) is 11.3 Å². The molecule has 0 amide bonds. The maximum absolute atomic E-state index is 12.5. The number of aryl methyl sites for hydroxylation is 1. The Morgan fingerprint density at radius 3 is 2.45 bits per heavy atom. The lowest BCUT2D eigenvalue weighted by Crippen LogP contribution is -2.05. The van der Waals surface area contributed by atoms with Gasteiger partial charge in [-0.25, -0.2) is 0 Å². The molecular weight excluding hydrogens is 267 g/mol. The van der Waals surface area contributed by atoms with Gasteiger partial charge >= 0.3 is 6.18 Å². The predicted molar refractivity (Wildman–Crippen MR) is 69.4 cm³/mol. The largest absolute Gasteiger partial charge is 0.417 e. The molecule has 0 atom stereocenters. The Balaban J connectivity index is 2.43. The van der Waals surface area contributed by atoms with E-state index in [9.17, 15) is 18.0 Å². The summed E-state index contributed by atoms with van der Waals surface area (Å²) in [7, 11) is 0. The Labute approximate surface area is 114 Å². The van der Waals surface area contributed by atoms with Crippen molar-refractivity contribution in [2.45, 2.75) is 19.5 Å². The molecule has 0 unspecified atom stereocenters. The number of aldehydes is 1. The fourth-order valence-electron chi connectivity index (χ4n) is 1.87. The predicted octanol–water partition coefficient (Wildman–Crippen LogP) is 4.14. The first kappa shape index (κ1) is 14.2. The minimum atomic E-state index is -4.40. The van der Waals surface area contributed by atoms with Crippen LogP contribution < -0.4 is 0 Å². The summed E-state index contributed by atoms with van der Waals surface area (Å²) >= 11 is 0. The smallest absolute Gasteiger partial charge is 0.298 e. The lowest BCUT2D eigenvalue weighted by Gasteiger charge is -2.08. The van der Waals surface area contributed by atoms with Crippen LogP contribution in [0.15, 0.2) is 36.5 Å². The van der Waals surface area contributed by atoms with Gasteiger partial charge in [0, 0.05) is 17.3 Å². The highest BCUT2D eigenvalue weighted by Crippen LogP contribution is 2.30. The average molecular weight is 279 g/mol. The third kappa shape index (κ3) is 3.04. The molecular formula is C15H12F3NO. The van der Waals surface area contributed by atoms with Crippen LogP contribution in [-0.2, 0) is 12.6 Å². The number of carbonyl (C=O) groups is 1. The zero-order chi connectivity index (χ0) is 14.8. The van der Waals surface area contributed by atoms with E-state index in [2.05, 4.69) is 4.98 Å². The second-order valence-electron chi connectivity index (χ2n) is 4.36. The molecule has 5 heteroatoms. The lowest BCUT2D eigenvalue weighted by molar-refractivity contribution is -0.137. The Morgan fingerprint density at radius 2 is 1.95 bits per heavy atom. The number of alkyl halides is 3. The fraction of sp³-hybridized carbons (Fsp3) is 0.200. The first-order valence-electron chi connectivity index (χ1n) is 6.07. The number of hydrogen-bond acceptors (Lipinski definition) is 2. The fourth-order valence-corrected chi connectivity index (χ4v) is 1.87. The van der Waals surface area contributed by atoms with Crippen LogP contribution in [0.2, 0.25) is 0 Å². The summed E-state index contributed by atoms with van der Waals surface area (Å²) in [5.74, 6) is 0. The van der Waals surface area contributed by atoms with Crippen LogP contribution in [0.4, 0.5) is 13.2 Å². The zero-order valence-corrected chi connectivity index (χ0v) is 10.7. The number of nitrogens with zero attached hydrogens (tertiary/aromatic N) is 1. The third-order valence-electron chi connectivity index (χ3n) is 2.95. The third-order valence-corrected chi connectivity index (χ3v) is 2.95. The molecule has 0 saturated carbocycles. The standard InChI is InChI=1S/C15H12F3NO/c1-2-10-5-11(9-20)7-12(6-10)14-4-3-13(8-19-14)15(16,17)18/h3-9H,2H2,1H3. The molecule has 0 fully saturated rings. The monoisotopic (exact) mass is 279 g/mol. The van der Waals surface area contributed by atoms with E-state index in [0.717, 1.165) is 24.2 Å². The van der Waals surface area contributed by atoms with Crippen LogP contribution in [0, 0.1) is 0 Å². The maximum Gasteiger partial charge on any atom is 0.417 e. The minimum absolute atomic E-state index is 0.413. The van der Waals surface area contributed by atoms with E-state index in [1.807, 2.05) is 13.0 Å². The number of carbonyl (C=O) groups excluding carboxylic acids is 1. The summed E-state index contributed by atoms with van der Waals surface area (Å²) in [6.07, 6.45) is -2.15. The summed E-state index contributed by atoms with van der Waals surface area (Å²) < 4.78 is 37.4. The molecule has 20 heavy (non-hydrogen) atoms. The quantitative estimate of drug-likeness (QED) is 0.790. The molecule has 0 bridgehead atoms. The van der Waals surface area contributed by atoms with E-state index in [4.69, 9.17) is 0 Å². The summed E-state index contributed by atoms with van der Waals surface area (Å²) in [5, 5.41) is 0. The van der Waals surface area contributed by atoms with E-state index in [0.29, 0.717) is 23.1 Å². The topological polar surface area (TPSA) is 30.0 Å². The van der Waals surface area contributed by atoms with Gasteiger partial charge in [0.1, 0.15) is 6.29 Å². The molecule has 2 nitrogen and oxygen atoms in total. The maximum atomic E-state index is 12.5. The molecule has 0 spiro atoms. The average Bonchev–Trinajstić information content (AvgIpc) is 2.46. The highest BCUT2D eigenvalue weighted by atomic mass is 19.4. The molecule has 0 radical (unpaired) electrons. The van der Waals surface area contributed by atoms with Crippen molar-refractivity contribution in [3.05, 3.63) is 53.2 Å². The van der Waals surface area contributed by atoms with Crippen LogP contribution >= 0.6 is 0 Å². The van der Waals surface area contributed by atoms with Crippen molar-refractivity contribution in [2.75, 3.05) is 0 Å². The molecule has 1 aromatic heterocycles. The van der Waals surface area contributed by atoms with E-state index >= 15 is 0 Å². The summed E-state index contributed by atoms with van der Waals surface area (Å²) in [5.41, 5.74) is 1.69. The molecule has 2 aromatic rings. The van der Waals surface area contributed by atoms with Crippen molar-refractivity contribution in [3.63, 3.8) is 0 Å². The highest BCUT2D eigenvalue weighted by molar-refractivity contribution is 5.79. The second-order valence-corrected chi connectivity index (χ2v) is 4.36. The number of aromatic nitrogens is 1. The molecule has 1 aromatic carbocycles. The van der Waals surface area contributed by atoms with Gasteiger partial charge < -0.3 is 0 Å². The normalized spacial score (nSPS) is 11.4. The molecule has 104 valence electrons. The first-order valence-corrected chi connectivity index (χ1v) is 6.07. The number of benzene rings is 1. The lowest BCUT2D eigenvalue weighted by atomic mass is 10.0. The Kier molecular flexibility index (Phi) is 3.88. The van der Waals surface area contributed by atoms with Crippen molar-refractivity contribution in [1.29, 1.82) is 0 Å². The molecule has 0 N–H and O–H groups in total. The molecule has 2 rings (SSSR count).